The zero-order valence-corrected chi connectivity index (χ0v) is 15.5. The lowest BCUT2D eigenvalue weighted by atomic mass is 10.3. The van der Waals surface area contributed by atoms with Crippen LogP contribution < -0.4 is 14.8 Å². The topological polar surface area (TPSA) is 56.3 Å². The van der Waals surface area contributed by atoms with Crippen LogP contribution in [0.25, 0.3) is 0 Å². The second-order valence-corrected chi connectivity index (χ2v) is 5.96. The minimum atomic E-state index is -4.57. The highest BCUT2D eigenvalue weighted by molar-refractivity contribution is 5.55. The van der Waals surface area contributed by atoms with Gasteiger partial charge in [0.15, 0.2) is 0 Å². The molecule has 8 heteroatoms. The second kappa shape index (κ2) is 9.99. The first-order valence-corrected chi connectivity index (χ1v) is 9.01. The van der Waals surface area contributed by atoms with E-state index in [2.05, 4.69) is 22.2 Å². The van der Waals surface area contributed by atoms with Crippen LogP contribution in [-0.2, 0) is 6.18 Å². The number of unbranched alkanes of at least 4 members (excludes halogenated alkanes) is 2. The lowest BCUT2D eigenvalue weighted by Gasteiger charge is -2.14. The van der Waals surface area contributed by atoms with E-state index in [1.165, 1.54) is 0 Å². The number of aromatic nitrogens is 2. The van der Waals surface area contributed by atoms with E-state index in [0.717, 1.165) is 31.2 Å². The fourth-order valence-electron chi connectivity index (χ4n) is 2.14. The number of anilines is 2. The number of alkyl halides is 3. The average Bonchev–Trinajstić information content (AvgIpc) is 2.63. The van der Waals surface area contributed by atoms with Crippen LogP contribution in [0, 0.1) is 0 Å². The number of nitrogens with one attached hydrogen (secondary N) is 1. The Morgan fingerprint density at radius 2 is 1.59 bits per heavy atom. The van der Waals surface area contributed by atoms with E-state index in [-0.39, 0.29) is 12.6 Å². The normalized spacial score (nSPS) is 11.3. The minimum Gasteiger partial charge on any atom is -0.494 e. The highest BCUT2D eigenvalue weighted by Crippen LogP contribution is 2.35. The second-order valence-electron chi connectivity index (χ2n) is 5.96. The van der Waals surface area contributed by atoms with Crippen molar-refractivity contribution in [1.82, 2.24) is 9.97 Å². The molecule has 148 valence electrons. The Balaban J connectivity index is 2.10. The fourth-order valence-corrected chi connectivity index (χ4v) is 2.14. The number of nitrogens with zero attached hydrogens (tertiary/aromatic N) is 2. The summed E-state index contributed by atoms with van der Waals surface area (Å²) in [5.41, 5.74) is -0.346. The van der Waals surface area contributed by atoms with Crippen LogP contribution in [0.4, 0.5) is 24.8 Å². The zero-order chi connectivity index (χ0) is 19.7. The minimum absolute atomic E-state index is 0.0362. The fraction of sp³-hybridized carbons (Fsp3) is 0.474. The van der Waals surface area contributed by atoms with Gasteiger partial charge in [0.25, 0.3) is 0 Å². The van der Waals surface area contributed by atoms with Crippen molar-refractivity contribution in [3.63, 3.8) is 0 Å². The molecule has 0 amide bonds. The molecule has 2 aromatic rings. The van der Waals surface area contributed by atoms with Crippen LogP contribution in [-0.4, -0.2) is 23.2 Å². The number of hydrogen-bond acceptors (Lipinski definition) is 5. The summed E-state index contributed by atoms with van der Waals surface area (Å²) in [6, 6.07) is 7.06. The van der Waals surface area contributed by atoms with Gasteiger partial charge in [-0.15, -0.1) is 0 Å². The Labute approximate surface area is 156 Å². The summed E-state index contributed by atoms with van der Waals surface area (Å²) in [6.07, 6.45) is -0.363. The monoisotopic (exact) mass is 383 g/mol. The van der Waals surface area contributed by atoms with E-state index in [9.17, 15) is 13.2 Å². The maximum absolute atomic E-state index is 13.1. The Bertz CT molecular complexity index is 706. The third kappa shape index (κ3) is 6.62. The number of ether oxygens (including phenoxy) is 2. The van der Waals surface area contributed by atoms with Crippen LogP contribution >= 0.6 is 0 Å². The van der Waals surface area contributed by atoms with Gasteiger partial charge in [-0.05, 0) is 37.1 Å². The van der Waals surface area contributed by atoms with Crippen molar-refractivity contribution in [2.45, 2.75) is 45.7 Å². The summed E-state index contributed by atoms with van der Waals surface area (Å²) in [4.78, 5) is 7.65. The summed E-state index contributed by atoms with van der Waals surface area (Å²) in [7, 11) is 0. The maximum atomic E-state index is 13.1. The molecule has 1 heterocycles. The molecule has 0 atom stereocenters. The number of hydrogen-bond donors (Lipinski definition) is 1. The van der Waals surface area contributed by atoms with E-state index in [4.69, 9.17) is 9.47 Å². The highest BCUT2D eigenvalue weighted by atomic mass is 19.4. The van der Waals surface area contributed by atoms with Gasteiger partial charge in [0.05, 0.1) is 13.2 Å². The van der Waals surface area contributed by atoms with Crippen molar-refractivity contribution < 1.29 is 22.6 Å². The number of halogens is 3. The Morgan fingerprint density at radius 1 is 0.963 bits per heavy atom. The van der Waals surface area contributed by atoms with Crippen LogP contribution in [0.1, 0.15) is 45.1 Å². The molecule has 27 heavy (non-hydrogen) atoms. The standard InChI is InChI=1S/C19H24F3N3O2/c1-3-5-11-26-15-9-7-14(8-10-15)24-18-23-13-16(19(20,21)22)17(25-18)27-12-6-4-2/h7-10,13H,3-6,11-12H2,1-2H3,(H,23,24,25). The average molecular weight is 383 g/mol. The first kappa shape index (κ1) is 20.8. The van der Waals surface area contributed by atoms with Gasteiger partial charge in [-0.1, -0.05) is 26.7 Å². The first-order valence-electron chi connectivity index (χ1n) is 9.01. The van der Waals surface area contributed by atoms with Crippen LogP contribution in [0.15, 0.2) is 30.5 Å². The van der Waals surface area contributed by atoms with Crippen molar-refractivity contribution in [2.24, 2.45) is 0 Å². The molecule has 0 aliphatic rings. The predicted molar refractivity (Wildman–Crippen MR) is 97.6 cm³/mol. The molecule has 0 aliphatic carbocycles. The molecule has 1 aromatic carbocycles. The molecule has 0 saturated carbocycles. The molecule has 0 aliphatic heterocycles. The molecule has 2 rings (SSSR count). The van der Waals surface area contributed by atoms with Crippen LogP contribution in [0.2, 0.25) is 0 Å². The van der Waals surface area contributed by atoms with E-state index in [1.807, 2.05) is 6.92 Å². The SMILES string of the molecule is CCCCOc1ccc(Nc2ncc(C(F)(F)F)c(OCCCC)n2)cc1. The van der Waals surface area contributed by atoms with Crippen molar-refractivity contribution in [3.8, 4) is 11.6 Å². The summed E-state index contributed by atoms with van der Waals surface area (Å²) in [5.74, 6) is 0.299. The largest absolute Gasteiger partial charge is 0.494 e. The van der Waals surface area contributed by atoms with Crippen molar-refractivity contribution in [3.05, 3.63) is 36.0 Å². The van der Waals surface area contributed by atoms with E-state index < -0.39 is 17.6 Å². The lowest BCUT2D eigenvalue weighted by Crippen LogP contribution is -2.13. The summed E-state index contributed by atoms with van der Waals surface area (Å²) in [6.45, 7) is 4.82. The quantitative estimate of drug-likeness (QED) is 0.542. The Hall–Kier alpha value is -2.51. The maximum Gasteiger partial charge on any atom is 0.423 e. The van der Waals surface area contributed by atoms with Gasteiger partial charge in [-0.2, -0.15) is 18.2 Å². The third-order valence-corrected chi connectivity index (χ3v) is 3.67. The third-order valence-electron chi connectivity index (χ3n) is 3.67. The number of benzene rings is 1. The van der Waals surface area contributed by atoms with Crippen molar-refractivity contribution >= 4 is 11.6 Å². The van der Waals surface area contributed by atoms with Crippen LogP contribution in [0.5, 0.6) is 11.6 Å². The van der Waals surface area contributed by atoms with Gasteiger partial charge >= 0.3 is 6.18 Å². The van der Waals surface area contributed by atoms with Gasteiger partial charge in [0, 0.05) is 11.9 Å². The lowest BCUT2D eigenvalue weighted by molar-refractivity contribution is -0.139. The predicted octanol–water partition coefficient (Wildman–Crippen LogP) is 5.60. The molecule has 0 bridgehead atoms. The molecule has 0 unspecified atom stereocenters. The Kier molecular flexibility index (Phi) is 7.69. The van der Waals surface area contributed by atoms with Gasteiger partial charge in [-0.3, -0.25) is 0 Å². The smallest absolute Gasteiger partial charge is 0.423 e. The number of rotatable bonds is 10. The van der Waals surface area contributed by atoms with Gasteiger partial charge in [0.1, 0.15) is 11.3 Å². The van der Waals surface area contributed by atoms with Gasteiger partial charge < -0.3 is 14.8 Å². The Morgan fingerprint density at radius 3 is 2.19 bits per heavy atom. The van der Waals surface area contributed by atoms with Crippen LogP contribution in [0.3, 0.4) is 0 Å². The van der Waals surface area contributed by atoms with E-state index >= 15 is 0 Å². The van der Waals surface area contributed by atoms with Gasteiger partial charge in [-0.25, -0.2) is 4.98 Å². The molecular weight excluding hydrogens is 359 g/mol. The van der Waals surface area contributed by atoms with Crippen molar-refractivity contribution in [1.29, 1.82) is 0 Å². The summed E-state index contributed by atoms with van der Waals surface area (Å²) >= 11 is 0. The van der Waals surface area contributed by atoms with E-state index in [1.54, 1.807) is 24.3 Å². The molecular formula is C19H24F3N3O2. The molecule has 1 N–H and O–H groups in total. The molecule has 0 fully saturated rings. The van der Waals surface area contributed by atoms with E-state index in [0.29, 0.717) is 18.7 Å². The molecule has 0 saturated heterocycles. The zero-order valence-electron chi connectivity index (χ0n) is 15.5. The van der Waals surface area contributed by atoms with Crippen molar-refractivity contribution in [2.75, 3.05) is 18.5 Å². The molecule has 5 nitrogen and oxygen atoms in total. The van der Waals surface area contributed by atoms with Gasteiger partial charge in [0.2, 0.25) is 11.8 Å². The molecule has 0 spiro atoms. The molecule has 1 aromatic heterocycles. The highest BCUT2D eigenvalue weighted by Gasteiger charge is 2.36. The summed E-state index contributed by atoms with van der Waals surface area (Å²) in [5, 5.41) is 2.88. The summed E-state index contributed by atoms with van der Waals surface area (Å²) < 4.78 is 50.1. The molecule has 0 radical (unpaired) electrons. The first-order chi connectivity index (χ1) is 12.9.